The normalized spacial score (nSPS) is 11.2. The second-order valence-corrected chi connectivity index (χ2v) is 6.79. The SMILES string of the molecule is C=CC(=O)NC[N+](CC)(CC)CC.O=S(=O)([O-])Cc1ccccc1. The van der Waals surface area contributed by atoms with Crippen molar-refractivity contribution in [2.75, 3.05) is 26.3 Å². The molecule has 0 fully saturated rings. The summed E-state index contributed by atoms with van der Waals surface area (Å²) in [6.07, 6.45) is 1.32. The van der Waals surface area contributed by atoms with Gasteiger partial charge in [-0.05, 0) is 32.4 Å². The fourth-order valence-electron chi connectivity index (χ4n) is 2.10. The van der Waals surface area contributed by atoms with Crippen molar-refractivity contribution in [2.45, 2.75) is 26.5 Å². The number of carbonyl (C=O) groups excluding carboxylic acids is 1. The molecule has 1 amide bonds. The summed E-state index contributed by atoms with van der Waals surface area (Å²) in [5.41, 5.74) is 0.530. The van der Waals surface area contributed by atoms with Gasteiger partial charge in [0.2, 0.25) is 5.91 Å². The maximum absolute atomic E-state index is 11.0. The third-order valence-corrected chi connectivity index (χ3v) is 4.66. The van der Waals surface area contributed by atoms with E-state index in [1.807, 2.05) is 0 Å². The zero-order valence-electron chi connectivity index (χ0n) is 14.7. The molecule has 0 radical (unpaired) electrons. The molecule has 0 aliphatic carbocycles. The summed E-state index contributed by atoms with van der Waals surface area (Å²) in [6, 6.07) is 8.37. The monoisotopic (exact) mass is 356 g/mol. The molecule has 136 valence electrons. The van der Waals surface area contributed by atoms with E-state index in [2.05, 4.69) is 32.7 Å². The summed E-state index contributed by atoms with van der Waals surface area (Å²) in [4.78, 5) is 11.0. The smallest absolute Gasteiger partial charge is 0.247 e. The summed E-state index contributed by atoms with van der Waals surface area (Å²) in [7, 11) is -4.13. The van der Waals surface area contributed by atoms with Crippen LogP contribution >= 0.6 is 0 Å². The van der Waals surface area contributed by atoms with Gasteiger partial charge in [-0.15, -0.1) is 0 Å². The Morgan fingerprint density at radius 2 is 1.67 bits per heavy atom. The number of quaternary nitrogens is 1. The average Bonchev–Trinajstić information content (AvgIpc) is 2.56. The Kier molecular flexibility index (Phi) is 10.2. The van der Waals surface area contributed by atoms with Gasteiger partial charge in [0.1, 0.15) is 0 Å². The van der Waals surface area contributed by atoms with E-state index in [4.69, 9.17) is 0 Å². The Morgan fingerprint density at radius 3 is 2.04 bits per heavy atom. The Hall–Kier alpha value is -1.70. The molecule has 0 unspecified atom stereocenters. The van der Waals surface area contributed by atoms with Crippen LogP contribution in [-0.4, -0.2) is 49.7 Å². The molecule has 1 rings (SSSR count). The minimum absolute atomic E-state index is 0.0853. The topological polar surface area (TPSA) is 86.3 Å². The van der Waals surface area contributed by atoms with Crippen LogP contribution in [0.3, 0.4) is 0 Å². The quantitative estimate of drug-likeness (QED) is 0.333. The van der Waals surface area contributed by atoms with Crippen LogP contribution in [0.2, 0.25) is 0 Å². The maximum atomic E-state index is 11.0. The van der Waals surface area contributed by atoms with Crippen LogP contribution in [0.25, 0.3) is 0 Å². The first-order chi connectivity index (χ1) is 11.2. The van der Waals surface area contributed by atoms with Crippen molar-refractivity contribution in [1.29, 1.82) is 0 Å². The molecule has 1 aromatic carbocycles. The van der Waals surface area contributed by atoms with E-state index >= 15 is 0 Å². The molecule has 1 N–H and O–H groups in total. The minimum atomic E-state index is -4.13. The maximum Gasteiger partial charge on any atom is 0.247 e. The molecule has 0 heterocycles. The fourth-order valence-corrected chi connectivity index (χ4v) is 2.70. The van der Waals surface area contributed by atoms with Gasteiger partial charge in [0, 0.05) is 0 Å². The van der Waals surface area contributed by atoms with Crippen molar-refractivity contribution in [3.8, 4) is 0 Å². The van der Waals surface area contributed by atoms with E-state index in [1.165, 1.54) is 6.08 Å². The lowest BCUT2D eigenvalue weighted by Gasteiger charge is -2.35. The Labute approximate surface area is 145 Å². The molecular weight excluding hydrogens is 328 g/mol. The van der Waals surface area contributed by atoms with E-state index < -0.39 is 15.9 Å². The van der Waals surface area contributed by atoms with Crippen LogP contribution in [0.1, 0.15) is 26.3 Å². The summed E-state index contributed by atoms with van der Waals surface area (Å²) in [5.74, 6) is -0.508. The number of hydrogen-bond acceptors (Lipinski definition) is 4. The van der Waals surface area contributed by atoms with Gasteiger partial charge in [0.25, 0.3) is 0 Å². The largest absolute Gasteiger partial charge is 0.748 e. The molecule has 0 aromatic heterocycles. The minimum Gasteiger partial charge on any atom is -0.748 e. The lowest BCUT2D eigenvalue weighted by atomic mass is 10.2. The zero-order valence-corrected chi connectivity index (χ0v) is 15.5. The highest BCUT2D eigenvalue weighted by atomic mass is 32.2. The van der Waals surface area contributed by atoms with Gasteiger partial charge >= 0.3 is 0 Å². The van der Waals surface area contributed by atoms with Crippen LogP contribution in [0.5, 0.6) is 0 Å². The zero-order chi connectivity index (χ0) is 18.6. The molecule has 7 heteroatoms. The van der Waals surface area contributed by atoms with Gasteiger partial charge in [0.05, 0.1) is 35.5 Å². The summed E-state index contributed by atoms with van der Waals surface area (Å²) < 4.78 is 31.7. The highest BCUT2D eigenvalue weighted by Crippen LogP contribution is 2.03. The summed E-state index contributed by atoms with van der Waals surface area (Å²) >= 11 is 0. The van der Waals surface area contributed by atoms with Crippen LogP contribution in [0.15, 0.2) is 43.0 Å². The Morgan fingerprint density at radius 1 is 1.17 bits per heavy atom. The first-order valence-electron chi connectivity index (χ1n) is 7.94. The van der Waals surface area contributed by atoms with Crippen molar-refractivity contribution >= 4 is 16.0 Å². The molecule has 1 aromatic rings. The molecule has 0 aliphatic heterocycles. The number of carbonyl (C=O) groups is 1. The number of benzene rings is 1. The highest BCUT2D eigenvalue weighted by molar-refractivity contribution is 7.84. The number of nitrogens with zero attached hydrogens (tertiary/aromatic N) is 1. The van der Waals surface area contributed by atoms with E-state index in [1.54, 1.807) is 30.3 Å². The molecule has 0 aliphatic rings. The third kappa shape index (κ3) is 9.44. The first kappa shape index (κ1) is 22.3. The first-order valence-corrected chi connectivity index (χ1v) is 9.52. The Bertz CT molecular complexity index is 588. The second-order valence-electron chi connectivity index (χ2n) is 5.38. The third-order valence-electron chi connectivity index (χ3n) is 3.97. The number of amides is 1. The van der Waals surface area contributed by atoms with Gasteiger partial charge in [0.15, 0.2) is 6.67 Å². The molecular formula is C17H28N2O4S. The standard InChI is InChI=1S/C10H20N2O.C7H8O3S/c1-5-10(13)11-9-12(6-2,7-3)8-4;8-11(9,10)6-7-4-2-1-3-5-7/h5H,1,6-9H2,2-4H3;1-5H,6H2,(H,8,9,10). The number of rotatable bonds is 8. The van der Waals surface area contributed by atoms with Gasteiger partial charge in [-0.3, -0.25) is 4.79 Å². The van der Waals surface area contributed by atoms with E-state index in [-0.39, 0.29) is 5.91 Å². The van der Waals surface area contributed by atoms with Crippen LogP contribution in [0.4, 0.5) is 0 Å². The van der Waals surface area contributed by atoms with E-state index in [0.717, 1.165) is 24.1 Å². The van der Waals surface area contributed by atoms with Gasteiger partial charge < -0.3 is 14.4 Å². The molecule has 0 saturated carbocycles. The lowest BCUT2D eigenvalue weighted by molar-refractivity contribution is -0.924. The molecule has 0 bridgehead atoms. The number of hydrogen-bond donors (Lipinski definition) is 1. The molecule has 0 atom stereocenters. The van der Waals surface area contributed by atoms with Crippen LogP contribution in [-0.2, 0) is 20.7 Å². The number of nitrogens with one attached hydrogen (secondary N) is 1. The molecule has 6 nitrogen and oxygen atoms in total. The molecule has 0 saturated heterocycles. The van der Waals surface area contributed by atoms with Crippen molar-refractivity contribution in [2.24, 2.45) is 0 Å². The summed E-state index contributed by atoms with van der Waals surface area (Å²) in [6.45, 7) is 13.7. The van der Waals surface area contributed by atoms with Gasteiger partial charge in [-0.1, -0.05) is 36.9 Å². The summed E-state index contributed by atoms with van der Waals surface area (Å²) in [5, 5.41) is 2.84. The van der Waals surface area contributed by atoms with Crippen LogP contribution < -0.4 is 5.32 Å². The van der Waals surface area contributed by atoms with Gasteiger partial charge in [-0.25, -0.2) is 8.42 Å². The Balaban J connectivity index is 0.000000446. The van der Waals surface area contributed by atoms with Crippen molar-refractivity contribution < 1.29 is 22.2 Å². The second kappa shape index (κ2) is 11.0. The predicted octanol–water partition coefficient (Wildman–Crippen LogP) is 1.85. The highest BCUT2D eigenvalue weighted by Gasteiger charge is 2.20. The van der Waals surface area contributed by atoms with Crippen molar-refractivity contribution in [3.05, 3.63) is 48.6 Å². The van der Waals surface area contributed by atoms with Crippen molar-refractivity contribution in [3.63, 3.8) is 0 Å². The van der Waals surface area contributed by atoms with E-state index in [0.29, 0.717) is 12.2 Å². The average molecular weight is 356 g/mol. The lowest BCUT2D eigenvalue weighted by Crippen LogP contribution is -2.53. The van der Waals surface area contributed by atoms with Gasteiger partial charge in [-0.2, -0.15) is 0 Å². The molecule has 24 heavy (non-hydrogen) atoms. The van der Waals surface area contributed by atoms with Crippen LogP contribution in [0, 0.1) is 0 Å². The predicted molar refractivity (Wildman–Crippen MR) is 94.9 cm³/mol. The van der Waals surface area contributed by atoms with Crippen molar-refractivity contribution in [1.82, 2.24) is 5.32 Å². The van der Waals surface area contributed by atoms with E-state index in [9.17, 15) is 17.8 Å². The molecule has 0 spiro atoms. The fraction of sp³-hybridized carbons (Fsp3) is 0.471.